The number of methoxy groups -OCH3 is 1. The molecule has 19 heavy (non-hydrogen) atoms. The molecule has 108 valence electrons. The summed E-state index contributed by atoms with van der Waals surface area (Å²) in [6.45, 7) is 4.21. The van der Waals surface area contributed by atoms with E-state index in [-0.39, 0.29) is 16.9 Å². The predicted octanol–water partition coefficient (Wildman–Crippen LogP) is 1.07. The Hall–Kier alpha value is -1.18. The highest BCUT2D eigenvalue weighted by atomic mass is 32.2. The van der Waals surface area contributed by atoms with Crippen molar-refractivity contribution in [2.24, 2.45) is 5.92 Å². The van der Waals surface area contributed by atoms with Gasteiger partial charge in [-0.15, -0.1) is 0 Å². The van der Waals surface area contributed by atoms with Gasteiger partial charge in [0.1, 0.15) is 10.7 Å². The van der Waals surface area contributed by atoms with Crippen LogP contribution in [0.1, 0.15) is 13.8 Å². The van der Waals surface area contributed by atoms with Gasteiger partial charge in [-0.2, -0.15) is 0 Å². The number of sulfonamides is 1. The van der Waals surface area contributed by atoms with Gasteiger partial charge in [-0.3, -0.25) is 0 Å². The van der Waals surface area contributed by atoms with E-state index in [1.54, 1.807) is 20.2 Å². The summed E-state index contributed by atoms with van der Waals surface area (Å²) in [6, 6.07) is 2.87. The Morgan fingerprint density at radius 3 is 2.47 bits per heavy atom. The monoisotopic (exact) mass is 287 g/mol. The number of hydrogen-bond donors (Lipinski definition) is 2. The average Bonchev–Trinajstić information content (AvgIpc) is 2.38. The fraction of sp³-hybridized carbons (Fsp3) is 0.583. The van der Waals surface area contributed by atoms with Gasteiger partial charge in [0.05, 0.1) is 6.61 Å². The summed E-state index contributed by atoms with van der Waals surface area (Å²) in [4.78, 5) is 4.15. The summed E-state index contributed by atoms with van der Waals surface area (Å²) in [6.07, 6.45) is 1.33. The van der Waals surface area contributed by atoms with Crippen molar-refractivity contribution < 1.29 is 13.2 Å². The molecular weight excluding hydrogens is 266 g/mol. The van der Waals surface area contributed by atoms with Gasteiger partial charge in [0.2, 0.25) is 10.0 Å². The molecule has 0 aliphatic rings. The lowest BCUT2D eigenvalue weighted by Gasteiger charge is -2.21. The van der Waals surface area contributed by atoms with E-state index in [1.165, 1.54) is 12.3 Å². The van der Waals surface area contributed by atoms with E-state index in [0.717, 1.165) is 0 Å². The average molecular weight is 287 g/mol. The minimum Gasteiger partial charge on any atom is -0.383 e. The molecule has 1 rings (SSSR count). The van der Waals surface area contributed by atoms with Crippen molar-refractivity contribution in [2.45, 2.75) is 24.8 Å². The Morgan fingerprint density at radius 2 is 2.05 bits per heavy atom. The van der Waals surface area contributed by atoms with Crippen molar-refractivity contribution in [1.29, 1.82) is 0 Å². The minimum atomic E-state index is -3.57. The van der Waals surface area contributed by atoms with Gasteiger partial charge in [-0.05, 0) is 18.1 Å². The van der Waals surface area contributed by atoms with Crippen molar-refractivity contribution in [3.05, 3.63) is 18.3 Å². The van der Waals surface area contributed by atoms with Crippen molar-refractivity contribution in [3.8, 4) is 0 Å². The highest BCUT2D eigenvalue weighted by molar-refractivity contribution is 7.89. The number of pyridine rings is 1. The van der Waals surface area contributed by atoms with Gasteiger partial charge in [0.25, 0.3) is 0 Å². The minimum absolute atomic E-state index is 0.138. The van der Waals surface area contributed by atoms with Crippen LogP contribution in [-0.2, 0) is 14.8 Å². The number of nitrogens with one attached hydrogen (secondary N) is 2. The zero-order valence-electron chi connectivity index (χ0n) is 11.7. The molecule has 2 N–H and O–H groups in total. The lowest BCUT2D eigenvalue weighted by molar-refractivity contribution is 0.157. The van der Waals surface area contributed by atoms with Gasteiger partial charge in [-0.1, -0.05) is 13.8 Å². The summed E-state index contributed by atoms with van der Waals surface area (Å²) in [5.41, 5.74) is 0. The topological polar surface area (TPSA) is 80.3 Å². The summed E-state index contributed by atoms with van der Waals surface area (Å²) < 4.78 is 32.1. The van der Waals surface area contributed by atoms with Crippen LogP contribution in [0.3, 0.4) is 0 Å². The van der Waals surface area contributed by atoms with E-state index in [1.807, 2.05) is 13.8 Å². The fourth-order valence-corrected chi connectivity index (χ4v) is 2.81. The molecule has 0 bridgehead atoms. The normalized spacial score (nSPS) is 13.5. The SMILES string of the molecule is CNc1ccc(S(=O)(=O)NC(COC)C(C)C)cn1. The molecule has 0 saturated heterocycles. The van der Waals surface area contributed by atoms with Crippen LogP contribution in [0.2, 0.25) is 0 Å². The Labute approximate surface area is 114 Å². The van der Waals surface area contributed by atoms with Gasteiger partial charge >= 0.3 is 0 Å². The molecule has 0 aromatic carbocycles. The Morgan fingerprint density at radius 1 is 1.37 bits per heavy atom. The first kappa shape index (κ1) is 15.9. The highest BCUT2D eigenvalue weighted by Crippen LogP contribution is 2.13. The summed E-state index contributed by atoms with van der Waals surface area (Å²) in [5, 5.41) is 2.84. The molecule has 0 amide bonds. The number of anilines is 1. The molecule has 0 saturated carbocycles. The number of hydrogen-bond acceptors (Lipinski definition) is 5. The van der Waals surface area contributed by atoms with Gasteiger partial charge < -0.3 is 10.1 Å². The van der Waals surface area contributed by atoms with Crippen LogP contribution in [0.4, 0.5) is 5.82 Å². The molecule has 1 aromatic heterocycles. The van der Waals surface area contributed by atoms with Gasteiger partial charge in [0, 0.05) is 26.4 Å². The smallest absolute Gasteiger partial charge is 0.242 e. The third-order valence-corrected chi connectivity index (χ3v) is 4.24. The van der Waals surface area contributed by atoms with E-state index >= 15 is 0 Å². The van der Waals surface area contributed by atoms with E-state index < -0.39 is 10.0 Å². The van der Waals surface area contributed by atoms with Crippen molar-refractivity contribution in [3.63, 3.8) is 0 Å². The quantitative estimate of drug-likeness (QED) is 0.784. The molecule has 0 spiro atoms. The molecule has 0 aliphatic heterocycles. The van der Waals surface area contributed by atoms with Gasteiger partial charge in [0.15, 0.2) is 0 Å². The maximum atomic E-state index is 12.2. The molecule has 1 unspecified atom stereocenters. The van der Waals surface area contributed by atoms with Crippen molar-refractivity contribution >= 4 is 15.8 Å². The van der Waals surface area contributed by atoms with Crippen LogP contribution in [0.25, 0.3) is 0 Å². The molecule has 1 aromatic rings. The predicted molar refractivity (Wildman–Crippen MR) is 74.6 cm³/mol. The largest absolute Gasteiger partial charge is 0.383 e. The molecule has 0 aliphatic carbocycles. The van der Waals surface area contributed by atoms with Crippen molar-refractivity contribution in [1.82, 2.24) is 9.71 Å². The van der Waals surface area contributed by atoms with Crippen LogP contribution in [0.15, 0.2) is 23.2 Å². The van der Waals surface area contributed by atoms with Crippen molar-refractivity contribution in [2.75, 3.05) is 26.1 Å². The molecule has 1 atom stereocenters. The summed E-state index contributed by atoms with van der Waals surface area (Å²) >= 11 is 0. The first-order valence-electron chi connectivity index (χ1n) is 6.05. The van der Waals surface area contributed by atoms with Crippen LogP contribution in [0, 0.1) is 5.92 Å². The summed E-state index contributed by atoms with van der Waals surface area (Å²) in [5.74, 6) is 0.760. The molecular formula is C12H21N3O3S. The zero-order chi connectivity index (χ0) is 14.5. The molecule has 7 heteroatoms. The number of nitrogens with zero attached hydrogens (tertiary/aromatic N) is 1. The highest BCUT2D eigenvalue weighted by Gasteiger charge is 2.22. The molecule has 0 radical (unpaired) electrons. The van der Waals surface area contributed by atoms with E-state index in [4.69, 9.17) is 4.74 Å². The van der Waals surface area contributed by atoms with E-state index in [0.29, 0.717) is 12.4 Å². The van der Waals surface area contributed by atoms with Crippen LogP contribution < -0.4 is 10.0 Å². The second-order valence-corrected chi connectivity index (χ2v) is 6.27. The van der Waals surface area contributed by atoms with Crippen LogP contribution >= 0.6 is 0 Å². The van der Waals surface area contributed by atoms with Gasteiger partial charge in [-0.25, -0.2) is 18.1 Å². The fourth-order valence-electron chi connectivity index (χ4n) is 1.50. The number of ether oxygens (including phenoxy) is 1. The molecule has 0 fully saturated rings. The van der Waals surface area contributed by atoms with E-state index in [2.05, 4.69) is 15.0 Å². The Kier molecular flexibility index (Phi) is 5.71. The first-order chi connectivity index (χ1) is 8.90. The maximum Gasteiger partial charge on any atom is 0.242 e. The third-order valence-electron chi connectivity index (χ3n) is 2.76. The van der Waals surface area contributed by atoms with Crippen LogP contribution in [-0.4, -0.2) is 40.2 Å². The van der Waals surface area contributed by atoms with Crippen LogP contribution in [0.5, 0.6) is 0 Å². The summed E-state index contributed by atoms with van der Waals surface area (Å²) in [7, 11) is -0.299. The molecule has 1 heterocycles. The number of aromatic nitrogens is 1. The first-order valence-corrected chi connectivity index (χ1v) is 7.54. The molecule has 6 nitrogen and oxygen atoms in total. The Bertz CT molecular complexity index is 485. The van der Waals surface area contributed by atoms with E-state index in [9.17, 15) is 8.42 Å². The Balaban J connectivity index is 2.89. The second kappa shape index (κ2) is 6.83. The third kappa shape index (κ3) is 4.45. The lowest BCUT2D eigenvalue weighted by Crippen LogP contribution is -2.41. The number of rotatable bonds is 7. The maximum absolute atomic E-state index is 12.2. The lowest BCUT2D eigenvalue weighted by atomic mass is 10.1. The zero-order valence-corrected chi connectivity index (χ0v) is 12.5. The standard InChI is InChI=1S/C12H21N3O3S/c1-9(2)11(8-18-4)15-19(16,17)10-5-6-12(13-3)14-7-10/h5-7,9,11,15H,8H2,1-4H3,(H,13,14). The second-order valence-electron chi connectivity index (χ2n) is 4.56.